The van der Waals surface area contributed by atoms with Crippen LogP contribution in [0.3, 0.4) is 0 Å². The third-order valence-electron chi connectivity index (χ3n) is 1.99. The minimum absolute atomic E-state index is 0.0150. The van der Waals surface area contributed by atoms with Gasteiger partial charge in [-0.3, -0.25) is 4.79 Å². The first-order chi connectivity index (χ1) is 7.84. The van der Waals surface area contributed by atoms with Crippen molar-refractivity contribution < 1.29 is 34.8 Å². The summed E-state index contributed by atoms with van der Waals surface area (Å²) in [7, 11) is 0. The van der Waals surface area contributed by atoms with Crippen LogP contribution in [0.25, 0.3) is 0 Å². The third-order valence-corrected chi connectivity index (χ3v) is 1.99. The molecule has 4 N–H and O–H groups in total. The predicted octanol–water partition coefficient (Wildman–Crippen LogP) is -2.25. The zero-order valence-corrected chi connectivity index (χ0v) is 9.31. The number of esters is 1. The van der Waals surface area contributed by atoms with Crippen LogP contribution in [0.5, 0.6) is 0 Å². The van der Waals surface area contributed by atoms with Gasteiger partial charge < -0.3 is 25.2 Å². The van der Waals surface area contributed by atoms with Crippen molar-refractivity contribution >= 4 is 12.3 Å². The van der Waals surface area contributed by atoms with Crippen LogP contribution in [0, 0.1) is 0 Å². The molecular formula is C10H16O7. The molecule has 0 saturated carbocycles. The zero-order chi connectivity index (χ0) is 13.6. The Morgan fingerprint density at radius 3 is 2.24 bits per heavy atom. The van der Waals surface area contributed by atoms with Gasteiger partial charge in [0, 0.05) is 5.57 Å². The summed E-state index contributed by atoms with van der Waals surface area (Å²) in [4.78, 5) is 21.7. The summed E-state index contributed by atoms with van der Waals surface area (Å²) in [5.41, 5.74) is 0.0150. The van der Waals surface area contributed by atoms with E-state index in [0.29, 0.717) is 0 Å². The number of carbonyl (C=O) groups excluding carboxylic acids is 2. The molecule has 17 heavy (non-hydrogen) atoms. The van der Waals surface area contributed by atoms with Crippen LogP contribution in [-0.2, 0) is 14.3 Å². The van der Waals surface area contributed by atoms with Crippen LogP contribution in [-0.4, -0.2) is 63.7 Å². The molecule has 0 radical (unpaired) electrons. The van der Waals surface area contributed by atoms with Crippen molar-refractivity contribution in [3.63, 3.8) is 0 Å². The Labute approximate surface area is 97.9 Å². The van der Waals surface area contributed by atoms with Crippen molar-refractivity contribution in [2.45, 2.75) is 31.3 Å². The van der Waals surface area contributed by atoms with Crippen LogP contribution < -0.4 is 0 Å². The summed E-state index contributed by atoms with van der Waals surface area (Å²) in [6.07, 6.45) is -6.82. The third kappa shape index (κ3) is 4.61. The summed E-state index contributed by atoms with van der Waals surface area (Å²) in [6.45, 7) is 3.81. The standard InChI is InChI=1S/C10H16O7/c1-5(2)10(16)17-7(4-12)9(15)8(14)6(13)3-11/h4,6-9,11,13-15H,1,3H2,2H3/t6-,7+,8-,9+/m1/s1. The van der Waals surface area contributed by atoms with E-state index in [2.05, 4.69) is 11.3 Å². The zero-order valence-electron chi connectivity index (χ0n) is 9.31. The Hall–Kier alpha value is -1.28. The maximum absolute atomic E-state index is 11.1. The van der Waals surface area contributed by atoms with Gasteiger partial charge in [-0.1, -0.05) is 6.58 Å². The highest BCUT2D eigenvalue weighted by atomic mass is 16.6. The molecule has 7 heteroatoms. The Bertz CT molecular complexity index is 288. The molecule has 0 saturated heterocycles. The van der Waals surface area contributed by atoms with Gasteiger partial charge >= 0.3 is 5.97 Å². The molecule has 0 spiro atoms. The number of aliphatic hydroxyl groups is 4. The molecule has 0 amide bonds. The average molecular weight is 248 g/mol. The fourth-order valence-corrected chi connectivity index (χ4v) is 0.932. The van der Waals surface area contributed by atoms with Crippen LogP contribution in [0.2, 0.25) is 0 Å². The van der Waals surface area contributed by atoms with Gasteiger partial charge in [0.1, 0.15) is 18.3 Å². The van der Waals surface area contributed by atoms with Crippen molar-refractivity contribution in [3.8, 4) is 0 Å². The monoisotopic (exact) mass is 248 g/mol. The molecule has 98 valence electrons. The summed E-state index contributed by atoms with van der Waals surface area (Å²) in [5.74, 6) is -0.910. The van der Waals surface area contributed by atoms with Crippen LogP contribution in [0.4, 0.5) is 0 Å². The second-order valence-corrected chi connectivity index (χ2v) is 3.52. The van der Waals surface area contributed by atoms with E-state index in [4.69, 9.17) is 10.2 Å². The molecule has 0 aromatic heterocycles. The number of carbonyl (C=O) groups is 2. The van der Waals surface area contributed by atoms with Gasteiger partial charge in [0.05, 0.1) is 6.61 Å². The first-order valence-electron chi connectivity index (χ1n) is 4.82. The topological polar surface area (TPSA) is 124 Å². The van der Waals surface area contributed by atoms with Crippen molar-refractivity contribution in [3.05, 3.63) is 12.2 Å². The quantitative estimate of drug-likeness (QED) is 0.228. The predicted molar refractivity (Wildman–Crippen MR) is 55.9 cm³/mol. The molecule has 7 nitrogen and oxygen atoms in total. The number of aldehydes is 1. The maximum atomic E-state index is 11.1. The van der Waals surface area contributed by atoms with E-state index < -0.39 is 37.0 Å². The largest absolute Gasteiger partial charge is 0.448 e. The van der Waals surface area contributed by atoms with Crippen molar-refractivity contribution in [2.24, 2.45) is 0 Å². The molecule has 0 rings (SSSR count). The second-order valence-electron chi connectivity index (χ2n) is 3.52. The highest BCUT2D eigenvalue weighted by Gasteiger charge is 2.33. The van der Waals surface area contributed by atoms with Gasteiger partial charge in [-0.05, 0) is 6.92 Å². The summed E-state index contributed by atoms with van der Waals surface area (Å²) < 4.78 is 4.53. The van der Waals surface area contributed by atoms with Crippen molar-refractivity contribution in [1.29, 1.82) is 0 Å². The molecule has 0 aliphatic heterocycles. The first-order valence-corrected chi connectivity index (χ1v) is 4.82. The Morgan fingerprint density at radius 1 is 1.35 bits per heavy atom. The van der Waals surface area contributed by atoms with Gasteiger partial charge in [0.2, 0.25) is 0 Å². The first kappa shape index (κ1) is 15.7. The van der Waals surface area contributed by atoms with Gasteiger partial charge in [-0.25, -0.2) is 4.79 Å². The lowest BCUT2D eigenvalue weighted by molar-refractivity contribution is -0.164. The van der Waals surface area contributed by atoms with Gasteiger partial charge in [-0.15, -0.1) is 0 Å². The summed E-state index contributed by atoms with van der Waals surface area (Å²) in [5, 5.41) is 36.4. The Morgan fingerprint density at radius 2 is 1.88 bits per heavy atom. The molecule has 0 aromatic rings. The van der Waals surface area contributed by atoms with Crippen LogP contribution in [0.1, 0.15) is 6.92 Å². The van der Waals surface area contributed by atoms with Gasteiger partial charge in [0.25, 0.3) is 0 Å². The lowest BCUT2D eigenvalue weighted by Crippen LogP contribution is -2.48. The highest BCUT2D eigenvalue weighted by molar-refractivity contribution is 5.88. The number of ether oxygens (including phenoxy) is 1. The number of hydrogen-bond acceptors (Lipinski definition) is 7. The average Bonchev–Trinajstić information content (AvgIpc) is 2.32. The molecule has 0 bridgehead atoms. The van der Waals surface area contributed by atoms with E-state index in [-0.39, 0.29) is 11.9 Å². The van der Waals surface area contributed by atoms with E-state index in [1.54, 1.807) is 0 Å². The summed E-state index contributed by atoms with van der Waals surface area (Å²) >= 11 is 0. The minimum atomic E-state index is -1.84. The number of aliphatic hydroxyl groups excluding tert-OH is 4. The second kappa shape index (κ2) is 7.13. The lowest BCUT2D eigenvalue weighted by Gasteiger charge is -2.25. The molecule has 0 aliphatic rings. The van der Waals surface area contributed by atoms with Gasteiger partial charge in [0.15, 0.2) is 12.4 Å². The van der Waals surface area contributed by atoms with E-state index in [1.165, 1.54) is 6.92 Å². The molecule has 4 atom stereocenters. The fraction of sp³-hybridized carbons (Fsp3) is 0.600. The minimum Gasteiger partial charge on any atom is -0.448 e. The SMILES string of the molecule is C=C(C)C(=O)O[C@@H](C=O)[C@H](O)[C@H](O)[C@H](O)CO. The molecule has 0 aliphatic carbocycles. The molecular weight excluding hydrogens is 232 g/mol. The normalized spacial score (nSPS) is 17.7. The van der Waals surface area contributed by atoms with E-state index in [0.717, 1.165) is 0 Å². The molecule has 0 unspecified atom stereocenters. The molecule has 0 fully saturated rings. The highest BCUT2D eigenvalue weighted by Crippen LogP contribution is 2.08. The maximum Gasteiger partial charge on any atom is 0.333 e. The fourth-order valence-electron chi connectivity index (χ4n) is 0.932. The Kier molecular flexibility index (Phi) is 6.59. The Balaban J connectivity index is 4.60. The number of hydrogen-bond donors (Lipinski definition) is 4. The summed E-state index contributed by atoms with van der Waals surface area (Å²) in [6, 6.07) is 0. The van der Waals surface area contributed by atoms with Crippen LogP contribution in [0.15, 0.2) is 12.2 Å². The van der Waals surface area contributed by atoms with Crippen molar-refractivity contribution in [1.82, 2.24) is 0 Å². The van der Waals surface area contributed by atoms with E-state index in [1.807, 2.05) is 0 Å². The number of rotatable bonds is 7. The molecule has 0 aromatic carbocycles. The van der Waals surface area contributed by atoms with Crippen LogP contribution >= 0.6 is 0 Å². The molecule has 0 heterocycles. The smallest absolute Gasteiger partial charge is 0.333 e. The van der Waals surface area contributed by atoms with Gasteiger partial charge in [-0.2, -0.15) is 0 Å². The van der Waals surface area contributed by atoms with E-state index >= 15 is 0 Å². The van der Waals surface area contributed by atoms with Crippen molar-refractivity contribution in [2.75, 3.05) is 6.61 Å². The van der Waals surface area contributed by atoms with E-state index in [9.17, 15) is 19.8 Å². The lowest BCUT2D eigenvalue weighted by atomic mass is 10.0.